The van der Waals surface area contributed by atoms with Crippen LogP contribution in [0.15, 0.2) is 24.3 Å². The molecule has 0 aliphatic heterocycles. The third-order valence-corrected chi connectivity index (χ3v) is 3.00. The van der Waals surface area contributed by atoms with Crippen molar-refractivity contribution >= 4 is 11.6 Å². The number of nitrogens with two attached hydrogens (primary N) is 1. The number of nitrogens with one attached hydrogen (secondary N) is 1. The maximum absolute atomic E-state index is 5.88. The van der Waals surface area contributed by atoms with Crippen LogP contribution in [0.25, 0.3) is 0 Å². The number of benzene rings is 1. The van der Waals surface area contributed by atoms with Gasteiger partial charge in [0.1, 0.15) is 0 Å². The number of hydrogen-bond donors (Lipinski definition) is 2. The first-order valence-corrected chi connectivity index (χ1v) is 6.11. The van der Waals surface area contributed by atoms with E-state index in [1.807, 2.05) is 12.1 Å². The van der Waals surface area contributed by atoms with Crippen LogP contribution in [-0.4, -0.2) is 19.6 Å². The molecule has 0 fully saturated rings. The molecule has 0 heterocycles. The van der Waals surface area contributed by atoms with Crippen LogP contribution in [0, 0.1) is 0 Å². The Morgan fingerprint density at radius 3 is 2.44 bits per heavy atom. The summed E-state index contributed by atoms with van der Waals surface area (Å²) in [7, 11) is 0. The van der Waals surface area contributed by atoms with Crippen LogP contribution in [0.1, 0.15) is 25.8 Å². The van der Waals surface area contributed by atoms with E-state index in [1.54, 1.807) is 0 Å². The number of hydrogen-bond acceptors (Lipinski definition) is 2. The van der Waals surface area contributed by atoms with Crippen LogP contribution < -0.4 is 11.1 Å². The van der Waals surface area contributed by atoms with E-state index < -0.39 is 0 Å². The molecule has 0 spiro atoms. The molecule has 2 nitrogen and oxygen atoms in total. The van der Waals surface area contributed by atoms with Crippen molar-refractivity contribution in [3.05, 3.63) is 34.9 Å². The molecule has 0 unspecified atom stereocenters. The Balaban J connectivity index is 2.52. The van der Waals surface area contributed by atoms with Crippen molar-refractivity contribution in [2.45, 2.75) is 25.7 Å². The van der Waals surface area contributed by atoms with E-state index in [4.69, 9.17) is 17.3 Å². The summed E-state index contributed by atoms with van der Waals surface area (Å²) in [4.78, 5) is 0. The molecule has 0 bridgehead atoms. The fourth-order valence-electron chi connectivity index (χ4n) is 1.63. The van der Waals surface area contributed by atoms with Crippen molar-refractivity contribution in [1.29, 1.82) is 0 Å². The summed E-state index contributed by atoms with van der Waals surface area (Å²) in [5, 5.41) is 4.21. The molecule has 90 valence electrons. The van der Waals surface area contributed by atoms with Crippen molar-refractivity contribution in [2.24, 2.45) is 5.73 Å². The largest absolute Gasteiger partial charge is 0.330 e. The van der Waals surface area contributed by atoms with Crippen molar-refractivity contribution in [2.75, 3.05) is 19.6 Å². The summed E-state index contributed by atoms with van der Waals surface area (Å²) >= 11 is 5.88. The molecule has 0 amide bonds. The van der Waals surface area contributed by atoms with Gasteiger partial charge in [-0.1, -0.05) is 37.6 Å². The van der Waals surface area contributed by atoms with Crippen LogP contribution >= 0.6 is 11.6 Å². The third-order valence-electron chi connectivity index (χ3n) is 2.75. The van der Waals surface area contributed by atoms with Crippen LogP contribution in [0.3, 0.4) is 0 Å². The van der Waals surface area contributed by atoms with Gasteiger partial charge in [0.25, 0.3) is 0 Å². The van der Waals surface area contributed by atoms with Crippen molar-refractivity contribution in [1.82, 2.24) is 5.32 Å². The average molecular weight is 241 g/mol. The van der Waals surface area contributed by atoms with Gasteiger partial charge in [-0.25, -0.2) is 0 Å². The highest BCUT2D eigenvalue weighted by molar-refractivity contribution is 6.30. The molecule has 1 rings (SSSR count). The molecule has 3 heteroatoms. The van der Waals surface area contributed by atoms with Gasteiger partial charge in [-0.15, -0.1) is 0 Å². The predicted octanol–water partition coefficient (Wildman–Crippen LogP) is 2.56. The van der Waals surface area contributed by atoms with Gasteiger partial charge in [0, 0.05) is 17.0 Å². The molecule has 0 aliphatic rings. The molecule has 0 radical (unpaired) electrons. The van der Waals surface area contributed by atoms with Gasteiger partial charge in [-0.3, -0.25) is 0 Å². The third kappa shape index (κ3) is 4.12. The molecule has 1 aromatic rings. The molecule has 0 atom stereocenters. The zero-order valence-electron chi connectivity index (χ0n) is 10.1. The highest BCUT2D eigenvalue weighted by Crippen LogP contribution is 2.23. The Bertz CT molecular complexity index is 306. The summed E-state index contributed by atoms with van der Waals surface area (Å²) in [5.74, 6) is 0. The monoisotopic (exact) mass is 240 g/mol. The van der Waals surface area contributed by atoms with Crippen molar-refractivity contribution < 1.29 is 0 Å². The van der Waals surface area contributed by atoms with Gasteiger partial charge in [-0.05, 0) is 37.2 Å². The maximum Gasteiger partial charge on any atom is 0.0406 e. The van der Waals surface area contributed by atoms with E-state index in [2.05, 4.69) is 31.3 Å². The predicted molar refractivity (Wildman–Crippen MR) is 71.0 cm³/mol. The van der Waals surface area contributed by atoms with Gasteiger partial charge in [0.15, 0.2) is 0 Å². The quantitative estimate of drug-likeness (QED) is 0.750. The minimum atomic E-state index is 0.124. The van der Waals surface area contributed by atoms with E-state index in [-0.39, 0.29) is 5.41 Å². The maximum atomic E-state index is 5.88. The Labute approximate surface area is 103 Å². The van der Waals surface area contributed by atoms with Crippen LogP contribution in [0.4, 0.5) is 0 Å². The van der Waals surface area contributed by atoms with Crippen LogP contribution in [0.2, 0.25) is 5.02 Å². The second-order valence-electron chi connectivity index (χ2n) is 4.71. The lowest BCUT2D eigenvalue weighted by atomic mass is 9.84. The summed E-state index contributed by atoms with van der Waals surface area (Å²) in [6, 6.07) is 8.07. The fourth-order valence-corrected chi connectivity index (χ4v) is 1.76. The summed E-state index contributed by atoms with van der Waals surface area (Å²) < 4.78 is 0. The SMILES string of the molecule is CC(C)(CNCCCN)c1ccc(Cl)cc1. The second kappa shape index (κ2) is 6.24. The van der Waals surface area contributed by atoms with Crippen LogP contribution in [-0.2, 0) is 5.41 Å². The second-order valence-corrected chi connectivity index (χ2v) is 5.15. The van der Waals surface area contributed by atoms with Crippen LogP contribution in [0.5, 0.6) is 0 Å². The van der Waals surface area contributed by atoms with Gasteiger partial charge >= 0.3 is 0 Å². The van der Waals surface area contributed by atoms with E-state index in [0.717, 1.165) is 31.1 Å². The first-order chi connectivity index (χ1) is 7.56. The lowest BCUT2D eigenvalue weighted by molar-refractivity contribution is 0.467. The first-order valence-electron chi connectivity index (χ1n) is 5.73. The molecule has 0 aromatic heterocycles. The lowest BCUT2D eigenvalue weighted by Crippen LogP contribution is -2.34. The Morgan fingerprint density at radius 1 is 1.25 bits per heavy atom. The zero-order valence-corrected chi connectivity index (χ0v) is 10.8. The molecule has 16 heavy (non-hydrogen) atoms. The zero-order chi connectivity index (χ0) is 12.0. The van der Waals surface area contributed by atoms with Crippen molar-refractivity contribution in [3.63, 3.8) is 0 Å². The van der Waals surface area contributed by atoms with E-state index in [0.29, 0.717) is 0 Å². The molecule has 0 saturated heterocycles. The molecule has 0 aliphatic carbocycles. The van der Waals surface area contributed by atoms with E-state index >= 15 is 0 Å². The van der Waals surface area contributed by atoms with Gasteiger partial charge < -0.3 is 11.1 Å². The first kappa shape index (κ1) is 13.5. The standard InChI is InChI=1S/C13H21ClN2/c1-13(2,10-16-9-3-8-15)11-4-6-12(14)7-5-11/h4-7,16H,3,8-10,15H2,1-2H3. The number of rotatable bonds is 6. The Hall–Kier alpha value is -0.570. The molecule has 3 N–H and O–H groups in total. The van der Waals surface area contributed by atoms with Crippen molar-refractivity contribution in [3.8, 4) is 0 Å². The van der Waals surface area contributed by atoms with E-state index in [9.17, 15) is 0 Å². The summed E-state index contributed by atoms with van der Waals surface area (Å²) in [6.45, 7) is 7.13. The smallest absolute Gasteiger partial charge is 0.0406 e. The van der Waals surface area contributed by atoms with Gasteiger partial charge in [-0.2, -0.15) is 0 Å². The van der Waals surface area contributed by atoms with Gasteiger partial charge in [0.2, 0.25) is 0 Å². The van der Waals surface area contributed by atoms with Gasteiger partial charge in [0.05, 0.1) is 0 Å². The normalized spacial score (nSPS) is 11.8. The molecular weight excluding hydrogens is 220 g/mol. The molecular formula is C13H21ClN2. The molecule has 0 saturated carbocycles. The molecule has 1 aromatic carbocycles. The number of halogens is 1. The average Bonchev–Trinajstić information content (AvgIpc) is 2.25. The summed E-state index contributed by atoms with van der Waals surface area (Å²) in [5.41, 5.74) is 6.88. The van der Waals surface area contributed by atoms with E-state index in [1.165, 1.54) is 5.56 Å². The minimum Gasteiger partial charge on any atom is -0.330 e. The Morgan fingerprint density at radius 2 is 1.88 bits per heavy atom. The summed E-state index contributed by atoms with van der Waals surface area (Å²) in [6.07, 6.45) is 1.02. The fraction of sp³-hybridized carbons (Fsp3) is 0.538. The highest BCUT2D eigenvalue weighted by Gasteiger charge is 2.19. The highest BCUT2D eigenvalue weighted by atomic mass is 35.5. The Kier molecular flexibility index (Phi) is 5.26. The topological polar surface area (TPSA) is 38.0 Å². The minimum absolute atomic E-state index is 0.124. The lowest BCUT2D eigenvalue weighted by Gasteiger charge is -2.25.